The second-order valence-electron chi connectivity index (χ2n) is 6.71. The molecule has 3 fully saturated rings. The van der Waals surface area contributed by atoms with Crippen LogP contribution in [0.3, 0.4) is 0 Å². The highest BCUT2D eigenvalue weighted by atomic mass is 16.5. The van der Waals surface area contributed by atoms with Gasteiger partial charge in [0.2, 0.25) is 0 Å². The highest BCUT2D eigenvalue weighted by molar-refractivity contribution is 4.59. The molecule has 0 spiro atoms. The molecule has 160 valence electrons. The molecule has 0 aromatic heterocycles. The maximum absolute atomic E-state index is 5.76. The van der Waals surface area contributed by atoms with Crippen LogP contribution in [0.25, 0.3) is 0 Å². The molecule has 0 saturated carbocycles. The lowest BCUT2D eigenvalue weighted by molar-refractivity contribution is 0.00328. The molecular weight excluding hydrogens is 352 g/mol. The third-order valence-corrected chi connectivity index (χ3v) is 4.63. The van der Waals surface area contributed by atoms with Crippen LogP contribution in [0.4, 0.5) is 0 Å². The Bertz CT molecular complexity index is 282. The smallest absolute Gasteiger partial charge is 0.0701 e. The van der Waals surface area contributed by atoms with Crippen molar-refractivity contribution in [3.63, 3.8) is 0 Å². The molecule has 0 radical (unpaired) electrons. The van der Waals surface area contributed by atoms with Gasteiger partial charge in [-0.25, -0.2) is 0 Å². The van der Waals surface area contributed by atoms with Gasteiger partial charge in [0.05, 0.1) is 66.1 Å². The van der Waals surface area contributed by atoms with Gasteiger partial charge >= 0.3 is 0 Å². The molecule has 0 aliphatic carbocycles. The number of hydrogen-bond donors (Lipinski definition) is 0. The van der Waals surface area contributed by atoms with Gasteiger partial charge in [0, 0.05) is 52.5 Å². The van der Waals surface area contributed by atoms with Gasteiger partial charge in [0.25, 0.3) is 0 Å². The largest absolute Gasteiger partial charge is 0.380 e. The number of ether oxygens (including phenoxy) is 6. The SMILES string of the molecule is C1COCCN2CCOCCOCCN(CCOC1)CCOCCOCC2. The standard InChI is InChI=1S/C19H38N2O6/c1-8-22-10-2-20-4-12-24-16-18-26-14-6-21(3-11-23-9-1)7-15-27-19-17-25-13-5-20/h1-19H2. The van der Waals surface area contributed by atoms with Crippen LogP contribution in [-0.2, 0) is 28.4 Å². The Hall–Kier alpha value is -0.320. The van der Waals surface area contributed by atoms with Gasteiger partial charge in [-0.15, -0.1) is 0 Å². The van der Waals surface area contributed by atoms with Crippen molar-refractivity contribution in [1.82, 2.24) is 9.80 Å². The fourth-order valence-electron chi connectivity index (χ4n) is 2.94. The summed E-state index contributed by atoms with van der Waals surface area (Å²) >= 11 is 0. The van der Waals surface area contributed by atoms with Gasteiger partial charge in [-0.2, -0.15) is 0 Å². The highest BCUT2D eigenvalue weighted by Gasteiger charge is 2.08. The molecule has 3 heterocycles. The van der Waals surface area contributed by atoms with E-state index in [2.05, 4.69) is 9.80 Å². The van der Waals surface area contributed by atoms with Gasteiger partial charge in [0.15, 0.2) is 0 Å². The van der Waals surface area contributed by atoms with Crippen LogP contribution in [0.5, 0.6) is 0 Å². The van der Waals surface area contributed by atoms with Crippen LogP contribution in [0.2, 0.25) is 0 Å². The van der Waals surface area contributed by atoms with Crippen LogP contribution >= 0.6 is 0 Å². The molecule has 3 aliphatic heterocycles. The molecule has 0 unspecified atom stereocenters. The van der Waals surface area contributed by atoms with E-state index in [0.29, 0.717) is 52.9 Å². The Kier molecular flexibility index (Phi) is 14.1. The lowest BCUT2D eigenvalue weighted by Gasteiger charge is -2.23. The molecule has 2 bridgehead atoms. The zero-order valence-electron chi connectivity index (χ0n) is 16.8. The monoisotopic (exact) mass is 390 g/mol. The van der Waals surface area contributed by atoms with E-state index < -0.39 is 0 Å². The summed E-state index contributed by atoms with van der Waals surface area (Å²) in [5.74, 6) is 0. The molecule has 0 atom stereocenters. The molecule has 3 saturated heterocycles. The Labute approximate surface area is 163 Å². The lowest BCUT2D eigenvalue weighted by Crippen LogP contribution is -2.35. The van der Waals surface area contributed by atoms with Crippen molar-refractivity contribution in [2.24, 2.45) is 0 Å². The van der Waals surface area contributed by atoms with Crippen molar-refractivity contribution in [2.75, 3.05) is 119 Å². The first kappa shape index (κ1) is 23.0. The van der Waals surface area contributed by atoms with E-state index in [4.69, 9.17) is 28.4 Å². The predicted octanol–water partition coefficient (Wildman–Crippen LogP) is 0.107. The minimum Gasteiger partial charge on any atom is -0.380 e. The molecule has 0 N–H and O–H groups in total. The fraction of sp³-hybridized carbons (Fsp3) is 1.00. The van der Waals surface area contributed by atoms with E-state index in [1.54, 1.807) is 0 Å². The summed E-state index contributed by atoms with van der Waals surface area (Å²) in [4.78, 5) is 4.65. The first-order valence-electron chi connectivity index (χ1n) is 10.4. The van der Waals surface area contributed by atoms with E-state index in [9.17, 15) is 0 Å². The molecular formula is C19H38N2O6. The quantitative estimate of drug-likeness (QED) is 0.578. The van der Waals surface area contributed by atoms with Crippen molar-refractivity contribution in [3.8, 4) is 0 Å². The van der Waals surface area contributed by atoms with Crippen LogP contribution in [-0.4, -0.2) is 128 Å². The molecule has 8 nitrogen and oxygen atoms in total. The van der Waals surface area contributed by atoms with Crippen LogP contribution in [0, 0.1) is 0 Å². The molecule has 3 aliphatic rings. The first-order chi connectivity index (χ1) is 13.4. The molecule has 3 rings (SSSR count). The van der Waals surface area contributed by atoms with Crippen LogP contribution in [0.1, 0.15) is 6.42 Å². The molecule has 27 heavy (non-hydrogen) atoms. The molecule has 0 amide bonds. The number of hydrogen-bond acceptors (Lipinski definition) is 8. The normalized spacial score (nSPS) is 30.2. The average molecular weight is 391 g/mol. The third-order valence-electron chi connectivity index (χ3n) is 4.63. The lowest BCUT2D eigenvalue weighted by atomic mass is 10.4. The van der Waals surface area contributed by atoms with E-state index in [1.807, 2.05) is 0 Å². The Morgan fingerprint density at radius 3 is 0.852 bits per heavy atom. The summed E-state index contributed by atoms with van der Waals surface area (Å²) in [6.07, 6.45) is 0.929. The molecule has 8 heteroatoms. The zero-order valence-corrected chi connectivity index (χ0v) is 16.8. The summed E-state index contributed by atoms with van der Waals surface area (Å²) in [7, 11) is 0. The van der Waals surface area contributed by atoms with Gasteiger partial charge in [0.1, 0.15) is 0 Å². The minimum atomic E-state index is 0.632. The summed E-state index contributed by atoms with van der Waals surface area (Å²) in [5.41, 5.74) is 0. The van der Waals surface area contributed by atoms with Crippen molar-refractivity contribution >= 4 is 0 Å². The summed E-state index contributed by atoms with van der Waals surface area (Å²) in [6.45, 7) is 13.5. The van der Waals surface area contributed by atoms with E-state index in [1.165, 1.54) is 0 Å². The Balaban J connectivity index is 1.87. The van der Waals surface area contributed by atoms with Gasteiger partial charge < -0.3 is 28.4 Å². The molecule has 0 aromatic carbocycles. The average Bonchev–Trinajstić information content (AvgIpc) is 2.68. The maximum Gasteiger partial charge on any atom is 0.0701 e. The second-order valence-corrected chi connectivity index (χ2v) is 6.71. The van der Waals surface area contributed by atoms with E-state index in [0.717, 1.165) is 72.1 Å². The Morgan fingerprint density at radius 2 is 0.556 bits per heavy atom. The Morgan fingerprint density at radius 1 is 0.296 bits per heavy atom. The van der Waals surface area contributed by atoms with Crippen molar-refractivity contribution in [2.45, 2.75) is 6.42 Å². The minimum absolute atomic E-state index is 0.632. The number of fused-ring (bicyclic) bond motifs is 22. The number of nitrogens with zero attached hydrogens (tertiary/aromatic N) is 2. The van der Waals surface area contributed by atoms with E-state index in [-0.39, 0.29) is 0 Å². The zero-order chi connectivity index (χ0) is 18.8. The van der Waals surface area contributed by atoms with Gasteiger partial charge in [-0.3, -0.25) is 9.80 Å². The van der Waals surface area contributed by atoms with Crippen molar-refractivity contribution < 1.29 is 28.4 Å². The van der Waals surface area contributed by atoms with Crippen molar-refractivity contribution in [3.05, 3.63) is 0 Å². The summed E-state index contributed by atoms with van der Waals surface area (Å²) in [6, 6.07) is 0. The summed E-state index contributed by atoms with van der Waals surface area (Å²) < 4.78 is 34.4. The predicted molar refractivity (Wildman–Crippen MR) is 102 cm³/mol. The van der Waals surface area contributed by atoms with Crippen molar-refractivity contribution in [1.29, 1.82) is 0 Å². The van der Waals surface area contributed by atoms with E-state index >= 15 is 0 Å². The summed E-state index contributed by atoms with van der Waals surface area (Å²) in [5, 5.41) is 0. The number of rotatable bonds is 0. The van der Waals surface area contributed by atoms with Gasteiger partial charge in [-0.05, 0) is 6.42 Å². The third kappa shape index (κ3) is 12.7. The van der Waals surface area contributed by atoms with Crippen LogP contribution in [0.15, 0.2) is 0 Å². The highest BCUT2D eigenvalue weighted by Crippen LogP contribution is 1.96. The second kappa shape index (κ2) is 16.6. The fourth-order valence-corrected chi connectivity index (χ4v) is 2.94. The first-order valence-corrected chi connectivity index (χ1v) is 10.4. The van der Waals surface area contributed by atoms with Crippen LogP contribution < -0.4 is 0 Å². The molecule has 0 aromatic rings. The topological polar surface area (TPSA) is 61.9 Å². The maximum atomic E-state index is 5.76. The van der Waals surface area contributed by atoms with Gasteiger partial charge in [-0.1, -0.05) is 0 Å².